The number of carbonyl (C=O) groups excluding carboxylic acids is 3. The first-order valence-corrected chi connectivity index (χ1v) is 15.0. The molecule has 2 aliphatic heterocycles. The number of rotatable bonds is 6. The first-order valence-electron chi connectivity index (χ1n) is 13.5. The van der Waals surface area contributed by atoms with E-state index >= 15 is 0 Å². The van der Waals surface area contributed by atoms with Crippen molar-refractivity contribution in [2.45, 2.75) is 87.5 Å². The van der Waals surface area contributed by atoms with Crippen molar-refractivity contribution in [2.75, 3.05) is 4.90 Å². The van der Waals surface area contributed by atoms with E-state index in [9.17, 15) is 27.9 Å². The lowest BCUT2D eigenvalue weighted by molar-refractivity contribution is -0.149. The third-order valence-electron chi connectivity index (χ3n) is 8.43. The molecule has 2 heterocycles. The van der Waals surface area contributed by atoms with Crippen LogP contribution in [-0.2, 0) is 24.2 Å². The molecule has 0 aromatic heterocycles. The van der Waals surface area contributed by atoms with Crippen LogP contribution in [-0.4, -0.2) is 58.4 Å². The van der Waals surface area contributed by atoms with Crippen molar-refractivity contribution in [3.8, 4) is 5.75 Å². The number of anilines is 1. The molecule has 9 nitrogen and oxygen atoms in total. The molecule has 10 heteroatoms. The fourth-order valence-corrected chi connectivity index (χ4v) is 8.20. The highest BCUT2D eigenvalue weighted by Crippen LogP contribution is 2.47. The van der Waals surface area contributed by atoms with Crippen LogP contribution in [0.5, 0.6) is 5.75 Å². The minimum atomic E-state index is -3.83. The second kappa shape index (κ2) is 9.97. The highest BCUT2D eigenvalue weighted by molar-refractivity contribution is 7.93. The standard InChI is InChI=1S/C29H35N3O6S/c1-18-9-13-21(14-10-18)31(28(36)26-29(2,3)39(37,38)24-17-23(34)32(24)26)25(19-11-15-22(33)16-12-19)27(35)30-20-7-5-4-6-8-20/h9-16,20,24-26,33H,4-8,17H2,1-3H3,(H,30,35)/t24-,25+,26-/m1/s1. The number of nitrogens with one attached hydrogen (secondary N) is 1. The largest absolute Gasteiger partial charge is 0.508 e. The summed E-state index contributed by atoms with van der Waals surface area (Å²) in [5.41, 5.74) is 1.81. The van der Waals surface area contributed by atoms with Gasteiger partial charge >= 0.3 is 0 Å². The van der Waals surface area contributed by atoms with Gasteiger partial charge in [0.1, 0.15) is 23.2 Å². The third-order valence-corrected chi connectivity index (χ3v) is 11.2. The molecule has 3 aliphatic rings. The summed E-state index contributed by atoms with van der Waals surface area (Å²) < 4.78 is 25.1. The Morgan fingerprint density at radius 3 is 2.23 bits per heavy atom. The fraction of sp³-hybridized carbons (Fsp3) is 0.483. The van der Waals surface area contributed by atoms with Crippen molar-refractivity contribution in [3.05, 3.63) is 59.7 Å². The van der Waals surface area contributed by atoms with Crippen LogP contribution in [0.1, 0.15) is 69.5 Å². The summed E-state index contributed by atoms with van der Waals surface area (Å²) >= 11 is 0. The molecule has 3 atom stereocenters. The number of β-lactam (4-membered cyclic amide) rings is 1. The number of phenolic OH excluding ortho intramolecular Hbond substituents is 1. The first-order chi connectivity index (χ1) is 18.4. The Labute approximate surface area is 229 Å². The van der Waals surface area contributed by atoms with Crippen LogP contribution < -0.4 is 10.2 Å². The third kappa shape index (κ3) is 4.58. The van der Waals surface area contributed by atoms with Gasteiger partial charge in [-0.2, -0.15) is 0 Å². The summed E-state index contributed by atoms with van der Waals surface area (Å²) in [6.07, 6.45) is 4.64. The van der Waals surface area contributed by atoms with Crippen molar-refractivity contribution in [1.29, 1.82) is 0 Å². The van der Waals surface area contributed by atoms with Crippen LogP contribution in [0.4, 0.5) is 5.69 Å². The maximum atomic E-state index is 14.6. The first kappa shape index (κ1) is 27.2. The average molecular weight is 554 g/mol. The van der Waals surface area contributed by atoms with Gasteiger partial charge in [0.05, 0.1) is 11.2 Å². The Hall–Kier alpha value is -3.40. The van der Waals surface area contributed by atoms with Crippen LogP contribution >= 0.6 is 0 Å². The Morgan fingerprint density at radius 2 is 1.64 bits per heavy atom. The Bertz CT molecular complexity index is 1380. The number of benzene rings is 2. The van der Waals surface area contributed by atoms with Crippen LogP contribution in [0.3, 0.4) is 0 Å². The van der Waals surface area contributed by atoms with Gasteiger partial charge in [-0.1, -0.05) is 49.1 Å². The van der Waals surface area contributed by atoms with Crippen LogP contribution in [0, 0.1) is 6.92 Å². The molecule has 3 fully saturated rings. The van der Waals surface area contributed by atoms with Gasteiger partial charge in [-0.05, 0) is 63.4 Å². The minimum absolute atomic E-state index is 0.00967. The Balaban J connectivity index is 1.63. The predicted octanol–water partition coefficient (Wildman–Crippen LogP) is 3.36. The van der Waals surface area contributed by atoms with Gasteiger partial charge in [-0.3, -0.25) is 19.3 Å². The van der Waals surface area contributed by atoms with Crippen LogP contribution in [0.25, 0.3) is 0 Å². The molecule has 2 saturated heterocycles. The molecule has 208 valence electrons. The number of hydrogen-bond donors (Lipinski definition) is 2. The lowest BCUT2D eigenvalue weighted by Crippen LogP contribution is -2.61. The van der Waals surface area contributed by atoms with E-state index in [0.29, 0.717) is 11.3 Å². The molecule has 0 spiro atoms. The number of fused-ring (bicyclic) bond motifs is 1. The monoisotopic (exact) mass is 553 g/mol. The van der Waals surface area contributed by atoms with Crippen molar-refractivity contribution >= 4 is 33.2 Å². The maximum absolute atomic E-state index is 14.6. The highest BCUT2D eigenvalue weighted by atomic mass is 32.2. The molecule has 2 aromatic carbocycles. The van der Waals surface area contributed by atoms with Crippen molar-refractivity contribution in [2.24, 2.45) is 0 Å². The molecule has 1 saturated carbocycles. The van der Waals surface area contributed by atoms with E-state index in [2.05, 4.69) is 5.32 Å². The Kier molecular flexibility index (Phi) is 6.95. The summed E-state index contributed by atoms with van der Waals surface area (Å²) in [6.45, 7) is 4.85. The fourth-order valence-electron chi connectivity index (χ4n) is 6.07. The van der Waals surface area contributed by atoms with E-state index in [1.54, 1.807) is 24.3 Å². The van der Waals surface area contributed by atoms with Crippen molar-refractivity contribution in [3.63, 3.8) is 0 Å². The number of sulfone groups is 1. The van der Waals surface area contributed by atoms with Gasteiger partial charge in [-0.15, -0.1) is 0 Å². The second-order valence-corrected chi connectivity index (χ2v) is 14.1. The zero-order valence-electron chi connectivity index (χ0n) is 22.5. The number of aryl methyl sites for hydroxylation is 1. The summed E-state index contributed by atoms with van der Waals surface area (Å²) in [5.74, 6) is -1.42. The zero-order valence-corrected chi connectivity index (χ0v) is 23.3. The summed E-state index contributed by atoms with van der Waals surface area (Å²) in [6, 6.07) is 10.7. The molecule has 3 amide bonds. The normalized spacial score (nSPS) is 24.4. The number of nitrogens with zero attached hydrogens (tertiary/aromatic N) is 2. The summed E-state index contributed by atoms with van der Waals surface area (Å²) in [7, 11) is -3.83. The molecule has 1 aliphatic carbocycles. The molecule has 0 radical (unpaired) electrons. The van der Waals surface area contributed by atoms with Crippen molar-refractivity contribution in [1.82, 2.24) is 10.2 Å². The number of amides is 3. The number of hydrogen-bond acceptors (Lipinski definition) is 6. The molecular weight excluding hydrogens is 518 g/mol. The number of aromatic hydroxyl groups is 1. The molecule has 39 heavy (non-hydrogen) atoms. The van der Waals surface area contributed by atoms with E-state index in [-0.39, 0.29) is 18.2 Å². The molecule has 0 bridgehead atoms. The van der Waals surface area contributed by atoms with Gasteiger partial charge in [-0.25, -0.2) is 8.42 Å². The number of carbonyl (C=O) groups is 3. The highest BCUT2D eigenvalue weighted by Gasteiger charge is 2.68. The second-order valence-electron chi connectivity index (χ2n) is 11.4. The van der Waals surface area contributed by atoms with Crippen molar-refractivity contribution < 1.29 is 27.9 Å². The molecule has 2 N–H and O–H groups in total. The summed E-state index contributed by atoms with van der Waals surface area (Å²) in [4.78, 5) is 43.8. The van der Waals surface area contributed by atoms with E-state index < -0.39 is 49.8 Å². The maximum Gasteiger partial charge on any atom is 0.252 e. The SMILES string of the molecule is Cc1ccc(N(C(=O)[C@H]2N3C(=O)C[C@H]3S(=O)(=O)C2(C)C)[C@H](C(=O)NC2CCCCC2)c2ccc(O)cc2)cc1. The lowest BCUT2D eigenvalue weighted by atomic mass is 9.93. The zero-order chi connectivity index (χ0) is 28.1. The van der Waals surface area contributed by atoms with Gasteiger partial charge in [0.25, 0.3) is 5.91 Å². The quantitative estimate of drug-likeness (QED) is 0.529. The van der Waals surface area contributed by atoms with Gasteiger partial charge in [0.15, 0.2) is 9.84 Å². The lowest BCUT2D eigenvalue weighted by Gasteiger charge is -2.41. The van der Waals surface area contributed by atoms with Crippen LogP contribution in [0.15, 0.2) is 48.5 Å². The van der Waals surface area contributed by atoms with E-state index in [0.717, 1.165) is 37.7 Å². The van der Waals surface area contributed by atoms with E-state index in [4.69, 9.17) is 0 Å². The number of phenols is 1. The Morgan fingerprint density at radius 1 is 1.03 bits per heavy atom. The minimum Gasteiger partial charge on any atom is -0.508 e. The van der Waals surface area contributed by atoms with Gasteiger partial charge in [0, 0.05) is 11.7 Å². The summed E-state index contributed by atoms with van der Waals surface area (Å²) in [5, 5.41) is 12.0. The average Bonchev–Trinajstić information content (AvgIpc) is 3.02. The smallest absolute Gasteiger partial charge is 0.252 e. The predicted molar refractivity (Wildman–Crippen MR) is 147 cm³/mol. The van der Waals surface area contributed by atoms with Gasteiger partial charge in [0.2, 0.25) is 11.8 Å². The van der Waals surface area contributed by atoms with Gasteiger partial charge < -0.3 is 15.3 Å². The topological polar surface area (TPSA) is 124 Å². The molecule has 2 aromatic rings. The molecule has 5 rings (SSSR count). The molecular formula is C29H35N3O6S. The van der Waals surface area contributed by atoms with E-state index in [1.165, 1.54) is 35.8 Å². The van der Waals surface area contributed by atoms with Crippen LogP contribution in [0.2, 0.25) is 0 Å². The van der Waals surface area contributed by atoms with E-state index in [1.807, 2.05) is 19.1 Å². The molecule has 0 unspecified atom stereocenters.